The molecule has 0 saturated carbocycles. The lowest BCUT2D eigenvalue weighted by Gasteiger charge is -2.33. The highest BCUT2D eigenvalue weighted by Gasteiger charge is 2.34. The minimum Gasteiger partial charge on any atom is -0.352 e. The largest absolute Gasteiger partial charge is 0.352 e. The number of benzene rings is 3. The van der Waals surface area contributed by atoms with Crippen molar-refractivity contribution in [1.82, 2.24) is 10.2 Å². The molecule has 2 amide bonds. The normalized spacial score (nSPS) is 12.8. The predicted octanol–water partition coefficient (Wildman–Crippen LogP) is 5.81. The number of amides is 2. The molecule has 0 aliphatic heterocycles. The first-order valence-corrected chi connectivity index (χ1v) is 15.4. The van der Waals surface area contributed by atoms with Gasteiger partial charge in [0.05, 0.1) is 10.6 Å². The van der Waals surface area contributed by atoms with E-state index in [0.717, 1.165) is 14.3 Å². The van der Waals surface area contributed by atoms with E-state index in [1.807, 2.05) is 20.8 Å². The number of anilines is 1. The number of hydrogen-bond acceptors (Lipinski definition) is 4. The molecule has 2 atom stereocenters. The van der Waals surface area contributed by atoms with Crippen LogP contribution >= 0.6 is 15.9 Å². The summed E-state index contributed by atoms with van der Waals surface area (Å²) in [6.07, 6.45) is 1.01. The van der Waals surface area contributed by atoms with Crippen LogP contribution in [-0.2, 0) is 26.2 Å². The van der Waals surface area contributed by atoms with Gasteiger partial charge in [0.25, 0.3) is 10.0 Å². The maximum absolute atomic E-state index is 14.0. The number of hydrogen-bond donors (Lipinski definition) is 1. The van der Waals surface area contributed by atoms with Crippen molar-refractivity contribution in [3.63, 3.8) is 0 Å². The van der Waals surface area contributed by atoms with E-state index < -0.39 is 34.3 Å². The summed E-state index contributed by atoms with van der Waals surface area (Å²) in [5.41, 5.74) is 1.81. The van der Waals surface area contributed by atoms with Crippen molar-refractivity contribution >= 4 is 43.5 Å². The summed E-state index contributed by atoms with van der Waals surface area (Å²) in [7, 11) is -4.15. The molecule has 0 fully saturated rings. The molecule has 0 spiro atoms. The lowest BCUT2D eigenvalue weighted by Crippen LogP contribution is -2.53. The minimum atomic E-state index is -4.15. The van der Waals surface area contributed by atoms with Crippen molar-refractivity contribution in [2.75, 3.05) is 10.8 Å². The summed E-state index contributed by atoms with van der Waals surface area (Å²) in [4.78, 5) is 28.7. The van der Waals surface area contributed by atoms with Crippen LogP contribution in [0.15, 0.2) is 82.2 Å². The number of carbonyl (C=O) groups is 2. The number of rotatable bonds is 12. The molecule has 3 aromatic rings. The number of carbonyl (C=O) groups excluding carboxylic acids is 2. The number of aryl methyl sites for hydroxylation is 1. The van der Waals surface area contributed by atoms with Gasteiger partial charge in [0.1, 0.15) is 18.4 Å². The summed E-state index contributed by atoms with van der Waals surface area (Å²) in [5, 5.41) is 2.93. The first kappa shape index (κ1) is 31.3. The van der Waals surface area contributed by atoms with Crippen molar-refractivity contribution in [2.24, 2.45) is 0 Å². The van der Waals surface area contributed by atoms with Crippen molar-refractivity contribution in [3.8, 4) is 0 Å². The molecular formula is C30H35BrFN3O4S. The Balaban J connectivity index is 2.04. The van der Waals surface area contributed by atoms with Crippen molar-refractivity contribution in [3.05, 3.63) is 94.2 Å². The Hall–Kier alpha value is -3.24. The van der Waals surface area contributed by atoms with E-state index in [2.05, 4.69) is 21.2 Å². The maximum Gasteiger partial charge on any atom is 0.264 e. The van der Waals surface area contributed by atoms with E-state index in [4.69, 9.17) is 0 Å². The van der Waals surface area contributed by atoms with E-state index in [1.54, 1.807) is 55.5 Å². The Morgan fingerprint density at radius 2 is 1.52 bits per heavy atom. The van der Waals surface area contributed by atoms with Gasteiger partial charge in [0, 0.05) is 17.1 Å². The summed E-state index contributed by atoms with van der Waals surface area (Å²) >= 11 is 3.37. The second-order valence-electron chi connectivity index (χ2n) is 9.69. The molecule has 0 heterocycles. The minimum absolute atomic E-state index is 0.00427. The first-order valence-electron chi connectivity index (χ1n) is 13.2. The highest BCUT2D eigenvalue weighted by atomic mass is 79.9. The highest BCUT2D eigenvalue weighted by Crippen LogP contribution is 2.26. The summed E-state index contributed by atoms with van der Waals surface area (Å²) in [5.74, 6) is -1.31. The standard InChI is InChI=1S/C30H35BrFN3O4S/c1-5-22(4)33-30(37)28(6-2)34(19-23-9-13-25(32)14-10-23)29(36)20-35(26-15-11-24(31)12-16-26)40(38,39)27-17-7-21(3)8-18-27/h7-18,22,28H,5-6,19-20H2,1-4H3,(H,33,37)/t22-,28-/m1/s1. The van der Waals surface area contributed by atoms with Crippen LogP contribution < -0.4 is 9.62 Å². The van der Waals surface area contributed by atoms with Crippen molar-refractivity contribution < 1.29 is 22.4 Å². The van der Waals surface area contributed by atoms with E-state index in [0.29, 0.717) is 24.1 Å². The van der Waals surface area contributed by atoms with Crippen LogP contribution in [0.1, 0.15) is 44.7 Å². The molecule has 0 bridgehead atoms. The Bertz CT molecular complexity index is 1400. The molecule has 0 unspecified atom stereocenters. The average molecular weight is 633 g/mol. The monoisotopic (exact) mass is 631 g/mol. The van der Waals surface area contributed by atoms with Gasteiger partial charge in [-0.05, 0) is 80.8 Å². The fourth-order valence-electron chi connectivity index (χ4n) is 4.12. The van der Waals surface area contributed by atoms with Crippen LogP contribution in [-0.4, -0.2) is 43.8 Å². The number of halogens is 2. The lowest BCUT2D eigenvalue weighted by molar-refractivity contribution is -0.140. The second-order valence-corrected chi connectivity index (χ2v) is 12.5. The number of nitrogens with zero attached hydrogens (tertiary/aromatic N) is 2. The Morgan fingerprint density at radius 1 is 0.925 bits per heavy atom. The topological polar surface area (TPSA) is 86.8 Å². The molecule has 0 aromatic heterocycles. The third kappa shape index (κ3) is 7.91. The SMILES string of the molecule is CC[C@@H](C)NC(=O)[C@@H](CC)N(Cc1ccc(F)cc1)C(=O)CN(c1ccc(Br)cc1)S(=O)(=O)c1ccc(C)cc1. The van der Waals surface area contributed by atoms with Gasteiger partial charge in [-0.3, -0.25) is 13.9 Å². The van der Waals surface area contributed by atoms with E-state index in [9.17, 15) is 22.4 Å². The Labute approximate surface area is 244 Å². The quantitative estimate of drug-likeness (QED) is 0.273. The maximum atomic E-state index is 14.0. The van der Waals surface area contributed by atoms with Crippen LogP contribution in [0, 0.1) is 12.7 Å². The average Bonchev–Trinajstić information content (AvgIpc) is 2.93. The zero-order valence-electron chi connectivity index (χ0n) is 23.1. The molecule has 1 N–H and O–H groups in total. The zero-order chi connectivity index (χ0) is 29.4. The molecule has 40 heavy (non-hydrogen) atoms. The summed E-state index contributed by atoms with van der Waals surface area (Å²) in [6, 6.07) is 17.7. The van der Waals surface area contributed by atoms with Crippen LogP contribution in [0.3, 0.4) is 0 Å². The molecule has 10 heteroatoms. The van der Waals surface area contributed by atoms with Crippen LogP contribution in [0.25, 0.3) is 0 Å². The third-order valence-corrected chi connectivity index (χ3v) is 8.97. The van der Waals surface area contributed by atoms with Gasteiger partial charge in [0.15, 0.2) is 0 Å². The predicted molar refractivity (Wildman–Crippen MR) is 159 cm³/mol. The van der Waals surface area contributed by atoms with Gasteiger partial charge < -0.3 is 10.2 Å². The van der Waals surface area contributed by atoms with Gasteiger partial charge >= 0.3 is 0 Å². The van der Waals surface area contributed by atoms with E-state index in [-0.39, 0.29) is 23.4 Å². The van der Waals surface area contributed by atoms with E-state index >= 15 is 0 Å². The Kier molecular flexibility index (Phi) is 10.9. The smallest absolute Gasteiger partial charge is 0.264 e. The van der Waals surface area contributed by atoms with Gasteiger partial charge in [-0.25, -0.2) is 12.8 Å². The first-order chi connectivity index (χ1) is 19.0. The van der Waals surface area contributed by atoms with Gasteiger partial charge in [-0.2, -0.15) is 0 Å². The lowest BCUT2D eigenvalue weighted by atomic mass is 10.1. The summed E-state index contributed by atoms with van der Waals surface area (Å²) in [6.45, 7) is 6.94. The van der Waals surface area contributed by atoms with Crippen molar-refractivity contribution in [2.45, 2.75) is 64.1 Å². The molecule has 0 radical (unpaired) electrons. The van der Waals surface area contributed by atoms with E-state index in [1.165, 1.54) is 29.2 Å². The van der Waals surface area contributed by atoms with Gasteiger partial charge in [-0.1, -0.05) is 59.6 Å². The van der Waals surface area contributed by atoms with Crippen LogP contribution in [0.2, 0.25) is 0 Å². The fourth-order valence-corrected chi connectivity index (χ4v) is 5.80. The highest BCUT2D eigenvalue weighted by molar-refractivity contribution is 9.10. The number of sulfonamides is 1. The van der Waals surface area contributed by atoms with Gasteiger partial charge in [0.2, 0.25) is 11.8 Å². The van der Waals surface area contributed by atoms with Crippen molar-refractivity contribution in [1.29, 1.82) is 0 Å². The van der Waals surface area contributed by atoms with Gasteiger partial charge in [-0.15, -0.1) is 0 Å². The zero-order valence-corrected chi connectivity index (χ0v) is 25.5. The van der Waals surface area contributed by atoms with Crippen LogP contribution in [0.5, 0.6) is 0 Å². The molecule has 3 aromatic carbocycles. The summed E-state index contributed by atoms with van der Waals surface area (Å²) < 4.78 is 43.1. The third-order valence-electron chi connectivity index (χ3n) is 6.66. The second kappa shape index (κ2) is 13.9. The number of nitrogens with one attached hydrogen (secondary N) is 1. The molecule has 0 aliphatic carbocycles. The fraction of sp³-hybridized carbons (Fsp3) is 0.333. The molecule has 3 rings (SSSR count). The molecular weight excluding hydrogens is 597 g/mol. The Morgan fingerprint density at radius 3 is 2.08 bits per heavy atom. The molecule has 0 saturated heterocycles. The van der Waals surface area contributed by atoms with Crippen LogP contribution in [0.4, 0.5) is 10.1 Å². The molecule has 0 aliphatic rings. The molecule has 214 valence electrons. The molecule has 7 nitrogen and oxygen atoms in total.